The Balaban J connectivity index is 0.798. The summed E-state index contributed by atoms with van der Waals surface area (Å²) in [4.78, 5) is 0. The van der Waals surface area contributed by atoms with Crippen LogP contribution in [-0.2, 0) is 42.6 Å². The van der Waals surface area contributed by atoms with Crippen LogP contribution in [0.1, 0.15) is 91.9 Å². The van der Waals surface area contributed by atoms with E-state index < -0.39 is 130 Å². The lowest BCUT2D eigenvalue weighted by Crippen LogP contribution is -2.64. The number of fused-ring (bicyclic) bond motifs is 7. The van der Waals surface area contributed by atoms with Gasteiger partial charge in [-0.2, -0.15) is 0 Å². The van der Waals surface area contributed by atoms with Crippen molar-refractivity contribution in [1.29, 1.82) is 0 Å². The Morgan fingerprint density at radius 3 is 1.96 bits per heavy atom. The van der Waals surface area contributed by atoms with Gasteiger partial charge in [-0.05, 0) is 104 Å². The summed E-state index contributed by atoms with van der Waals surface area (Å²) in [6.07, 6.45) is -18.4. The van der Waals surface area contributed by atoms with Gasteiger partial charge in [0.25, 0.3) is 0 Å². The molecule has 5 aliphatic heterocycles. The second-order valence-electron chi connectivity index (χ2n) is 23.4. The maximum atomic E-state index is 12.1. The third-order valence-corrected chi connectivity index (χ3v) is 19.3. The van der Waals surface area contributed by atoms with Crippen LogP contribution in [0, 0.1) is 52.3 Å². The molecule has 9 rings (SSSR count). The fourth-order valence-corrected chi connectivity index (χ4v) is 15.0. The molecule has 5 heterocycles. The Kier molecular flexibility index (Phi) is 16.6. The van der Waals surface area contributed by atoms with E-state index in [4.69, 9.17) is 42.6 Å². The molecule has 9 fully saturated rings. The molecule has 4 saturated carbocycles. The highest BCUT2D eigenvalue weighted by molar-refractivity contribution is 5.15. The first-order valence-electron chi connectivity index (χ1n) is 26.2. The SMILES string of the molecule is CC(CCC1(O)OC2CC3C4CCC5CC(OC6OC(COC7OCC(O)C(O)C7O)C(OC7OCC(O)C(O)C7O)C(O)C6O)CCC5(C)C4CCC3(C)C2C1C)COC1OC(CO)C(O)C(O)C1O. The predicted octanol–water partition coefficient (Wildman–Crippen LogP) is -2.68. The number of hydrogen-bond acceptors (Lipinski definition) is 22. The first-order valence-corrected chi connectivity index (χ1v) is 26.2. The van der Waals surface area contributed by atoms with Crippen molar-refractivity contribution in [3.63, 3.8) is 0 Å². The quantitative estimate of drug-likeness (QED) is 0.0789. The standard InChI is InChI=1S/C49H82O22/c1-20(16-63-44-40(60)36(56)35(55)30(15-50)68-44)7-12-49(62)21(2)32-29(71-49)14-26-24-6-5-22-13-23(8-10-47(22,3)25(24)9-11-48(26,32)4)67-46-41(61)37(57)42(70-45-39(59)34(54)28(52)18-65-45)31(69-46)19-66-43-38(58)33(53)27(51)17-64-43/h20-46,50-62H,5-19H2,1-4H3. The fourth-order valence-electron chi connectivity index (χ4n) is 15.0. The Morgan fingerprint density at radius 1 is 0.620 bits per heavy atom. The van der Waals surface area contributed by atoms with Gasteiger partial charge in [0.2, 0.25) is 0 Å². The first-order chi connectivity index (χ1) is 33.6. The van der Waals surface area contributed by atoms with Gasteiger partial charge in [0.1, 0.15) is 85.5 Å². The summed E-state index contributed by atoms with van der Waals surface area (Å²) >= 11 is 0. The topological polar surface area (TPSA) is 346 Å². The molecular weight excluding hydrogens is 941 g/mol. The van der Waals surface area contributed by atoms with Gasteiger partial charge >= 0.3 is 0 Å². The summed E-state index contributed by atoms with van der Waals surface area (Å²) < 4.78 is 53.3. The van der Waals surface area contributed by atoms with Crippen molar-refractivity contribution in [2.45, 2.75) is 221 Å². The minimum absolute atomic E-state index is 0.0152. The molecule has 13 N–H and O–H groups in total. The molecule has 0 spiro atoms. The molecule has 5 saturated heterocycles. The monoisotopic (exact) mass is 1020 g/mol. The van der Waals surface area contributed by atoms with Crippen LogP contribution in [0.25, 0.3) is 0 Å². The Hall–Kier alpha value is -0.880. The molecule has 0 aromatic carbocycles. The Bertz CT molecular complexity index is 1770. The van der Waals surface area contributed by atoms with Crippen LogP contribution in [-0.4, -0.2) is 228 Å². The molecule has 30 unspecified atom stereocenters. The van der Waals surface area contributed by atoms with E-state index in [-0.39, 0.29) is 60.6 Å². The summed E-state index contributed by atoms with van der Waals surface area (Å²) in [7, 11) is 0. The van der Waals surface area contributed by atoms with E-state index in [0.29, 0.717) is 49.4 Å². The van der Waals surface area contributed by atoms with Crippen LogP contribution in [0.2, 0.25) is 0 Å². The Morgan fingerprint density at radius 2 is 1.25 bits per heavy atom. The van der Waals surface area contributed by atoms with Crippen LogP contribution < -0.4 is 0 Å². The molecule has 0 bridgehead atoms. The molecule has 30 atom stereocenters. The molecule has 22 heteroatoms. The molecular formula is C49H82O22. The highest BCUT2D eigenvalue weighted by atomic mass is 16.8. The second kappa shape index (κ2) is 21.5. The van der Waals surface area contributed by atoms with Gasteiger partial charge in [0.15, 0.2) is 30.9 Å². The van der Waals surface area contributed by atoms with E-state index in [1.807, 2.05) is 6.92 Å². The van der Waals surface area contributed by atoms with E-state index in [2.05, 4.69) is 20.8 Å². The third kappa shape index (κ3) is 10.2. The molecule has 9 aliphatic rings. The van der Waals surface area contributed by atoms with Gasteiger partial charge < -0.3 is 109 Å². The van der Waals surface area contributed by atoms with Gasteiger partial charge in [-0.1, -0.05) is 27.7 Å². The smallest absolute Gasteiger partial charge is 0.186 e. The average molecular weight is 1020 g/mol. The second-order valence-corrected chi connectivity index (χ2v) is 23.4. The summed E-state index contributed by atoms with van der Waals surface area (Å²) in [6.45, 7) is 7.39. The van der Waals surface area contributed by atoms with Crippen LogP contribution in [0.5, 0.6) is 0 Å². The van der Waals surface area contributed by atoms with Gasteiger partial charge in [-0.15, -0.1) is 0 Å². The van der Waals surface area contributed by atoms with Crippen molar-refractivity contribution in [2.24, 2.45) is 52.3 Å². The van der Waals surface area contributed by atoms with Crippen molar-refractivity contribution >= 4 is 0 Å². The minimum Gasteiger partial charge on any atom is -0.394 e. The Labute approximate surface area is 414 Å². The van der Waals surface area contributed by atoms with Crippen LogP contribution in [0.4, 0.5) is 0 Å². The normalized spacial score (nSPS) is 55.7. The molecule has 0 radical (unpaired) electrons. The van der Waals surface area contributed by atoms with Crippen molar-refractivity contribution < 1.29 is 109 Å². The van der Waals surface area contributed by atoms with E-state index in [9.17, 15) is 66.4 Å². The number of rotatable bonds is 14. The van der Waals surface area contributed by atoms with Crippen LogP contribution in [0.3, 0.4) is 0 Å². The average Bonchev–Trinajstić information content (AvgIpc) is 3.78. The third-order valence-electron chi connectivity index (χ3n) is 19.3. The predicted molar refractivity (Wildman–Crippen MR) is 240 cm³/mol. The highest BCUT2D eigenvalue weighted by Gasteiger charge is 2.68. The molecule has 0 amide bonds. The van der Waals surface area contributed by atoms with E-state index in [0.717, 1.165) is 38.5 Å². The van der Waals surface area contributed by atoms with Gasteiger partial charge in [0, 0.05) is 12.3 Å². The highest BCUT2D eigenvalue weighted by Crippen LogP contribution is 2.71. The molecule has 0 aromatic heterocycles. The summed E-state index contributed by atoms with van der Waals surface area (Å²) in [5.74, 6) is 0.421. The zero-order valence-corrected chi connectivity index (χ0v) is 41.2. The van der Waals surface area contributed by atoms with Crippen molar-refractivity contribution in [2.75, 3.05) is 33.0 Å². The van der Waals surface area contributed by atoms with Crippen LogP contribution >= 0.6 is 0 Å². The van der Waals surface area contributed by atoms with Crippen molar-refractivity contribution in [3.05, 3.63) is 0 Å². The molecule has 71 heavy (non-hydrogen) atoms. The van der Waals surface area contributed by atoms with E-state index >= 15 is 0 Å². The van der Waals surface area contributed by atoms with Crippen molar-refractivity contribution in [3.8, 4) is 0 Å². The zero-order valence-electron chi connectivity index (χ0n) is 41.2. The van der Waals surface area contributed by atoms with E-state index in [1.165, 1.54) is 0 Å². The fraction of sp³-hybridized carbons (Fsp3) is 1.00. The zero-order chi connectivity index (χ0) is 51.1. The van der Waals surface area contributed by atoms with Gasteiger partial charge in [-0.25, -0.2) is 0 Å². The molecule has 0 aromatic rings. The lowest BCUT2D eigenvalue weighted by atomic mass is 9.44. The summed E-state index contributed by atoms with van der Waals surface area (Å²) in [6, 6.07) is 0. The lowest BCUT2D eigenvalue weighted by molar-refractivity contribution is -0.362. The molecule has 22 nitrogen and oxygen atoms in total. The number of aliphatic hydroxyl groups is 13. The minimum atomic E-state index is -1.72. The maximum absolute atomic E-state index is 12.1. The van der Waals surface area contributed by atoms with Crippen LogP contribution in [0.15, 0.2) is 0 Å². The molecule has 410 valence electrons. The van der Waals surface area contributed by atoms with Gasteiger partial charge in [0.05, 0.1) is 45.2 Å². The number of hydrogen-bond donors (Lipinski definition) is 13. The largest absolute Gasteiger partial charge is 0.394 e. The van der Waals surface area contributed by atoms with Gasteiger partial charge in [-0.3, -0.25) is 0 Å². The van der Waals surface area contributed by atoms with Crippen molar-refractivity contribution in [1.82, 2.24) is 0 Å². The number of ether oxygens (including phenoxy) is 9. The summed E-state index contributed by atoms with van der Waals surface area (Å²) in [5.41, 5.74) is 0.0142. The number of aliphatic hydroxyl groups excluding tert-OH is 12. The first kappa shape index (κ1) is 54.9. The summed E-state index contributed by atoms with van der Waals surface area (Å²) in [5, 5.41) is 137. The van der Waals surface area contributed by atoms with E-state index in [1.54, 1.807) is 0 Å². The lowest BCUT2D eigenvalue weighted by Gasteiger charge is -2.61. The molecule has 4 aliphatic carbocycles. The maximum Gasteiger partial charge on any atom is 0.186 e.